The van der Waals surface area contributed by atoms with Crippen molar-refractivity contribution >= 4 is 12.0 Å². The number of amides is 2. The van der Waals surface area contributed by atoms with Crippen LogP contribution in [0.2, 0.25) is 0 Å². The number of carbonyl (C=O) groups is 2. The predicted octanol–water partition coefficient (Wildman–Crippen LogP) is 6.02. The van der Waals surface area contributed by atoms with Gasteiger partial charge in [0.2, 0.25) is 5.91 Å². The summed E-state index contributed by atoms with van der Waals surface area (Å²) in [7, 11) is 0. The number of carbonyl (C=O) groups excluding carboxylic acids is 2. The molecule has 11 heteroatoms. The van der Waals surface area contributed by atoms with Gasteiger partial charge in [0.05, 0.1) is 18.1 Å². The van der Waals surface area contributed by atoms with E-state index in [1.807, 2.05) is 13.0 Å². The fourth-order valence-electron chi connectivity index (χ4n) is 5.59. The largest absolute Gasteiger partial charge is 0.573 e. The van der Waals surface area contributed by atoms with Crippen LogP contribution >= 0.6 is 0 Å². The molecule has 2 amide bonds. The normalized spacial score (nSPS) is 17.8. The molecule has 1 heterocycles. The maximum atomic E-state index is 14.0. The maximum absolute atomic E-state index is 14.0. The Morgan fingerprint density at radius 3 is 2.26 bits per heavy atom. The van der Waals surface area contributed by atoms with Crippen LogP contribution in [0.15, 0.2) is 48.5 Å². The van der Waals surface area contributed by atoms with Gasteiger partial charge in [-0.3, -0.25) is 4.79 Å². The topological polar surface area (TPSA) is 88.5 Å². The van der Waals surface area contributed by atoms with Gasteiger partial charge in [0.25, 0.3) is 0 Å². The van der Waals surface area contributed by atoms with Gasteiger partial charge in [-0.1, -0.05) is 69.0 Å². The van der Waals surface area contributed by atoms with Gasteiger partial charge < -0.3 is 29.1 Å². The molecule has 0 bridgehead atoms. The lowest BCUT2D eigenvalue weighted by atomic mass is 9.72. The van der Waals surface area contributed by atoms with Crippen LogP contribution in [0.5, 0.6) is 11.5 Å². The summed E-state index contributed by atoms with van der Waals surface area (Å²) in [5.74, 6) is -2.21. The van der Waals surface area contributed by atoms with E-state index in [9.17, 15) is 27.9 Å². The van der Waals surface area contributed by atoms with Gasteiger partial charge in [-0.2, -0.15) is 0 Å². The molecule has 1 unspecified atom stereocenters. The number of hydrogen-bond donors (Lipinski definition) is 1. The van der Waals surface area contributed by atoms with E-state index in [-0.39, 0.29) is 44.1 Å². The summed E-state index contributed by atoms with van der Waals surface area (Å²) in [4.78, 5) is 29.5. The first kappa shape index (κ1) is 31.5. The summed E-state index contributed by atoms with van der Waals surface area (Å²) in [6, 6.07) is 13.0. The molecule has 230 valence electrons. The minimum absolute atomic E-state index is 0.0197. The van der Waals surface area contributed by atoms with E-state index in [1.54, 1.807) is 29.2 Å². The Hall–Kier alpha value is -3.47. The molecule has 1 aliphatic carbocycles. The smallest absolute Gasteiger partial charge is 0.485 e. The van der Waals surface area contributed by atoms with Crippen LogP contribution < -0.4 is 9.47 Å². The fraction of sp³-hybridized carbons (Fsp3) is 0.548. The van der Waals surface area contributed by atoms with Crippen molar-refractivity contribution < 1.29 is 42.1 Å². The zero-order chi connectivity index (χ0) is 30.2. The van der Waals surface area contributed by atoms with Crippen molar-refractivity contribution in [2.24, 2.45) is 0 Å². The Balaban J connectivity index is 1.58. The Bertz CT molecular complexity index is 1180. The van der Waals surface area contributed by atoms with Crippen molar-refractivity contribution in [1.82, 2.24) is 9.80 Å². The average molecular weight is 593 g/mol. The maximum Gasteiger partial charge on any atom is 0.573 e. The highest BCUT2D eigenvalue weighted by Gasteiger charge is 2.46. The molecule has 1 saturated carbocycles. The Morgan fingerprint density at radius 2 is 1.62 bits per heavy atom. The molecular weight excluding hydrogens is 553 g/mol. The predicted molar refractivity (Wildman–Crippen MR) is 149 cm³/mol. The summed E-state index contributed by atoms with van der Waals surface area (Å²) < 4.78 is 55.7. The summed E-state index contributed by atoms with van der Waals surface area (Å²) in [6.45, 7) is 3.31. The van der Waals surface area contributed by atoms with Crippen LogP contribution in [0.3, 0.4) is 0 Å². The standard InChI is InChI=1S/C31H39F3N2O6/c1-2-3-20-40-29(38)36-18-16-35(17-19-36)28(37)27(30(39)14-8-5-9-15-30)24-12-13-25(26(21-24)42-31(32,33)34)41-22-23-10-6-4-7-11-23/h4,6-7,10-13,21,27,39H,2-3,5,8-9,14-20,22H2,1H3. The molecular formula is C31H39F3N2O6. The van der Waals surface area contributed by atoms with Crippen LogP contribution in [0, 0.1) is 0 Å². The molecule has 2 aliphatic rings. The molecule has 0 aromatic heterocycles. The van der Waals surface area contributed by atoms with Crippen molar-refractivity contribution in [3.8, 4) is 11.5 Å². The SMILES string of the molecule is CCCCOC(=O)N1CCN(C(=O)C(c2ccc(OCc3ccccc3)c(OC(F)(F)F)c2)C2(O)CCCCC2)CC1. The van der Waals surface area contributed by atoms with Crippen LogP contribution in [-0.4, -0.2) is 71.7 Å². The molecule has 1 saturated heterocycles. The number of hydrogen-bond acceptors (Lipinski definition) is 6. The van der Waals surface area contributed by atoms with E-state index in [1.165, 1.54) is 17.0 Å². The van der Waals surface area contributed by atoms with Crippen molar-refractivity contribution in [3.05, 3.63) is 59.7 Å². The van der Waals surface area contributed by atoms with Gasteiger partial charge >= 0.3 is 12.5 Å². The van der Waals surface area contributed by atoms with Gasteiger partial charge in [0.1, 0.15) is 6.61 Å². The van der Waals surface area contributed by atoms with Gasteiger partial charge in [-0.25, -0.2) is 4.79 Å². The summed E-state index contributed by atoms with van der Waals surface area (Å²) in [5.41, 5.74) is -0.456. The van der Waals surface area contributed by atoms with Crippen LogP contribution in [-0.2, 0) is 16.1 Å². The van der Waals surface area contributed by atoms with Gasteiger partial charge in [0, 0.05) is 26.2 Å². The molecule has 0 spiro atoms. The zero-order valence-electron chi connectivity index (χ0n) is 23.9. The first-order chi connectivity index (χ1) is 20.1. The molecule has 8 nitrogen and oxygen atoms in total. The first-order valence-electron chi connectivity index (χ1n) is 14.6. The lowest BCUT2D eigenvalue weighted by molar-refractivity contribution is -0.275. The van der Waals surface area contributed by atoms with Crippen molar-refractivity contribution in [2.75, 3.05) is 32.8 Å². The van der Waals surface area contributed by atoms with Crippen LogP contribution in [0.4, 0.5) is 18.0 Å². The van der Waals surface area contributed by atoms with Gasteiger partial charge in [-0.05, 0) is 42.5 Å². The van der Waals surface area contributed by atoms with Gasteiger partial charge in [0.15, 0.2) is 11.5 Å². The number of alkyl halides is 3. The summed E-state index contributed by atoms with van der Waals surface area (Å²) in [6.07, 6.45) is -0.786. The second-order valence-electron chi connectivity index (χ2n) is 10.9. The second-order valence-corrected chi connectivity index (χ2v) is 10.9. The first-order valence-corrected chi connectivity index (χ1v) is 14.6. The number of nitrogens with zero attached hydrogens (tertiary/aromatic N) is 2. The number of rotatable bonds is 10. The van der Waals surface area contributed by atoms with E-state index in [0.29, 0.717) is 32.3 Å². The summed E-state index contributed by atoms with van der Waals surface area (Å²) in [5, 5.41) is 11.8. The van der Waals surface area contributed by atoms with Crippen LogP contribution in [0.1, 0.15) is 68.9 Å². The highest BCUT2D eigenvalue weighted by molar-refractivity contribution is 5.86. The molecule has 4 rings (SSSR count). The molecule has 2 aromatic carbocycles. The van der Waals surface area contributed by atoms with Crippen molar-refractivity contribution in [2.45, 2.75) is 76.4 Å². The third-order valence-corrected chi connectivity index (χ3v) is 7.84. The third kappa shape index (κ3) is 8.30. The lowest BCUT2D eigenvalue weighted by Gasteiger charge is -2.42. The molecule has 1 aliphatic heterocycles. The highest BCUT2D eigenvalue weighted by Crippen LogP contribution is 2.44. The van der Waals surface area contributed by atoms with E-state index in [2.05, 4.69) is 4.74 Å². The second kappa shape index (κ2) is 14.1. The Labute approximate surface area is 244 Å². The Morgan fingerprint density at radius 1 is 0.952 bits per heavy atom. The van der Waals surface area contributed by atoms with E-state index < -0.39 is 35.6 Å². The number of benzene rings is 2. The average Bonchev–Trinajstić information content (AvgIpc) is 2.97. The van der Waals surface area contributed by atoms with Crippen LogP contribution in [0.25, 0.3) is 0 Å². The summed E-state index contributed by atoms with van der Waals surface area (Å²) >= 11 is 0. The molecule has 1 N–H and O–H groups in total. The van der Waals surface area contributed by atoms with Gasteiger partial charge in [-0.15, -0.1) is 13.2 Å². The highest BCUT2D eigenvalue weighted by atomic mass is 19.4. The number of ether oxygens (including phenoxy) is 3. The van der Waals surface area contributed by atoms with Crippen molar-refractivity contribution in [1.29, 1.82) is 0 Å². The number of piperazine rings is 1. The minimum Gasteiger partial charge on any atom is -0.485 e. The third-order valence-electron chi connectivity index (χ3n) is 7.84. The molecule has 2 aromatic rings. The zero-order valence-corrected chi connectivity index (χ0v) is 23.9. The number of halogens is 3. The van der Waals surface area contributed by atoms with E-state index >= 15 is 0 Å². The monoisotopic (exact) mass is 592 g/mol. The lowest BCUT2D eigenvalue weighted by Crippen LogP contribution is -2.55. The number of aliphatic hydroxyl groups is 1. The molecule has 0 radical (unpaired) electrons. The minimum atomic E-state index is -4.99. The molecule has 42 heavy (non-hydrogen) atoms. The van der Waals surface area contributed by atoms with E-state index in [0.717, 1.165) is 30.9 Å². The number of unbranched alkanes of at least 4 members (excludes halogenated alkanes) is 1. The fourth-order valence-corrected chi connectivity index (χ4v) is 5.59. The van der Waals surface area contributed by atoms with E-state index in [4.69, 9.17) is 9.47 Å². The molecule has 1 atom stereocenters. The quantitative estimate of drug-likeness (QED) is 0.340. The van der Waals surface area contributed by atoms with Crippen molar-refractivity contribution in [3.63, 3.8) is 0 Å². The molecule has 2 fully saturated rings. The Kier molecular flexibility index (Phi) is 10.6.